The SMILES string of the molecule is CC1(C)[C@@H]2CC[C@@]13CS(=O)(=O)N(C(=O)c1ccco1)[C@@H]3C2. The van der Waals surface area contributed by atoms with Gasteiger partial charge < -0.3 is 4.42 Å². The van der Waals surface area contributed by atoms with Gasteiger partial charge in [0.05, 0.1) is 18.1 Å². The van der Waals surface area contributed by atoms with Crippen LogP contribution in [-0.4, -0.2) is 30.4 Å². The van der Waals surface area contributed by atoms with Gasteiger partial charge in [0.2, 0.25) is 10.0 Å². The van der Waals surface area contributed by atoms with E-state index in [1.807, 2.05) is 0 Å². The van der Waals surface area contributed by atoms with Crippen molar-refractivity contribution in [3.8, 4) is 0 Å². The summed E-state index contributed by atoms with van der Waals surface area (Å²) in [6, 6.07) is 2.94. The lowest BCUT2D eigenvalue weighted by Crippen LogP contribution is -2.44. The van der Waals surface area contributed by atoms with Gasteiger partial charge in [-0.3, -0.25) is 4.79 Å². The van der Waals surface area contributed by atoms with E-state index in [1.54, 1.807) is 6.07 Å². The molecule has 1 aromatic rings. The van der Waals surface area contributed by atoms with Crippen molar-refractivity contribution in [3.05, 3.63) is 24.2 Å². The Kier molecular flexibility index (Phi) is 2.37. The molecule has 0 N–H and O–H groups in total. The summed E-state index contributed by atoms with van der Waals surface area (Å²) in [6.07, 6.45) is 4.16. The van der Waals surface area contributed by atoms with Crippen LogP contribution in [0.25, 0.3) is 0 Å². The fourth-order valence-corrected chi connectivity index (χ4v) is 7.58. The Morgan fingerprint density at radius 2 is 2.19 bits per heavy atom. The summed E-state index contributed by atoms with van der Waals surface area (Å²) < 4.78 is 31.5. The molecule has 2 saturated carbocycles. The van der Waals surface area contributed by atoms with Crippen LogP contribution in [0.3, 0.4) is 0 Å². The third kappa shape index (κ3) is 1.42. The average Bonchev–Trinajstić information content (AvgIpc) is 3.08. The molecule has 21 heavy (non-hydrogen) atoms. The topological polar surface area (TPSA) is 67.6 Å². The number of fused-ring (bicyclic) bond motifs is 1. The molecule has 1 spiro atoms. The van der Waals surface area contributed by atoms with E-state index >= 15 is 0 Å². The third-order valence-electron chi connectivity index (χ3n) is 6.34. The van der Waals surface area contributed by atoms with Gasteiger partial charge in [0.15, 0.2) is 5.76 Å². The molecule has 1 aliphatic heterocycles. The highest BCUT2D eigenvalue weighted by Crippen LogP contribution is 2.70. The van der Waals surface area contributed by atoms with Crippen molar-refractivity contribution < 1.29 is 17.6 Å². The third-order valence-corrected chi connectivity index (χ3v) is 8.24. The number of hydrogen-bond acceptors (Lipinski definition) is 4. The van der Waals surface area contributed by atoms with Gasteiger partial charge in [-0.25, -0.2) is 12.7 Å². The van der Waals surface area contributed by atoms with Crippen molar-refractivity contribution in [2.75, 3.05) is 5.75 Å². The first-order valence-electron chi connectivity index (χ1n) is 7.39. The molecule has 5 nitrogen and oxygen atoms in total. The van der Waals surface area contributed by atoms with Gasteiger partial charge in [-0.05, 0) is 42.7 Å². The lowest BCUT2D eigenvalue weighted by Gasteiger charge is -2.36. The molecule has 3 fully saturated rings. The quantitative estimate of drug-likeness (QED) is 0.798. The monoisotopic (exact) mass is 309 g/mol. The molecule has 1 aromatic heterocycles. The van der Waals surface area contributed by atoms with E-state index in [0.717, 1.165) is 23.6 Å². The maximum absolute atomic E-state index is 12.6. The second-order valence-corrected chi connectivity index (χ2v) is 9.05. The van der Waals surface area contributed by atoms with Crippen LogP contribution >= 0.6 is 0 Å². The van der Waals surface area contributed by atoms with E-state index in [2.05, 4.69) is 13.8 Å². The Labute approximate surface area is 124 Å². The van der Waals surface area contributed by atoms with Gasteiger partial charge >= 0.3 is 5.91 Å². The Morgan fingerprint density at radius 1 is 1.43 bits per heavy atom. The number of amides is 1. The zero-order valence-corrected chi connectivity index (χ0v) is 13.0. The average molecular weight is 309 g/mol. The summed E-state index contributed by atoms with van der Waals surface area (Å²) in [5.41, 5.74) is -0.304. The number of carbonyl (C=O) groups is 1. The number of furan rings is 1. The molecule has 4 rings (SSSR count). The maximum Gasteiger partial charge on any atom is 0.303 e. The number of carbonyl (C=O) groups excluding carboxylic acids is 1. The molecule has 1 amide bonds. The fourth-order valence-electron chi connectivity index (χ4n) is 5.07. The van der Waals surface area contributed by atoms with E-state index in [1.165, 1.54) is 12.3 Å². The van der Waals surface area contributed by atoms with Crippen molar-refractivity contribution in [2.24, 2.45) is 16.7 Å². The molecule has 2 bridgehead atoms. The van der Waals surface area contributed by atoms with Crippen molar-refractivity contribution in [1.29, 1.82) is 0 Å². The van der Waals surface area contributed by atoms with Crippen LogP contribution in [0.5, 0.6) is 0 Å². The van der Waals surface area contributed by atoms with E-state index < -0.39 is 15.9 Å². The smallest absolute Gasteiger partial charge is 0.303 e. The first kappa shape index (κ1) is 13.4. The van der Waals surface area contributed by atoms with Crippen LogP contribution in [-0.2, 0) is 10.0 Å². The van der Waals surface area contributed by atoms with E-state index in [4.69, 9.17) is 4.42 Å². The molecule has 0 unspecified atom stereocenters. The van der Waals surface area contributed by atoms with Gasteiger partial charge in [-0.1, -0.05) is 13.8 Å². The largest absolute Gasteiger partial charge is 0.459 e. The van der Waals surface area contributed by atoms with Crippen LogP contribution in [0, 0.1) is 16.7 Å². The number of rotatable bonds is 1. The molecule has 0 aromatic carbocycles. The van der Waals surface area contributed by atoms with Crippen molar-refractivity contribution in [2.45, 2.75) is 39.2 Å². The first-order valence-corrected chi connectivity index (χ1v) is 9.00. The number of sulfonamides is 1. The zero-order chi connectivity index (χ0) is 15.0. The summed E-state index contributed by atoms with van der Waals surface area (Å²) in [7, 11) is -3.56. The maximum atomic E-state index is 12.6. The van der Waals surface area contributed by atoms with E-state index in [-0.39, 0.29) is 28.4 Å². The highest BCUT2D eigenvalue weighted by atomic mass is 32.2. The Hall–Kier alpha value is -1.30. The molecule has 1 saturated heterocycles. The van der Waals surface area contributed by atoms with Crippen molar-refractivity contribution in [1.82, 2.24) is 4.31 Å². The highest BCUT2D eigenvalue weighted by molar-refractivity contribution is 7.90. The van der Waals surface area contributed by atoms with Gasteiger partial charge in [0, 0.05) is 5.41 Å². The van der Waals surface area contributed by atoms with Crippen molar-refractivity contribution >= 4 is 15.9 Å². The van der Waals surface area contributed by atoms with Crippen LogP contribution in [0.2, 0.25) is 0 Å². The second kappa shape index (κ2) is 3.72. The molecular formula is C15H19NO4S. The minimum Gasteiger partial charge on any atom is -0.459 e. The molecular weight excluding hydrogens is 290 g/mol. The second-order valence-electron chi connectivity index (χ2n) is 7.20. The van der Waals surface area contributed by atoms with Crippen LogP contribution in [0.4, 0.5) is 0 Å². The molecule has 2 aliphatic carbocycles. The Morgan fingerprint density at radius 3 is 2.81 bits per heavy atom. The summed E-state index contributed by atoms with van der Waals surface area (Å²) >= 11 is 0. The fraction of sp³-hybridized carbons (Fsp3) is 0.667. The molecule has 3 aliphatic rings. The summed E-state index contributed by atoms with van der Waals surface area (Å²) in [6.45, 7) is 4.34. The predicted octanol–water partition coefficient (Wildman–Crippen LogP) is 2.26. The van der Waals surface area contributed by atoms with Crippen LogP contribution in [0.15, 0.2) is 22.8 Å². The minimum atomic E-state index is -3.56. The molecule has 0 radical (unpaired) electrons. The van der Waals surface area contributed by atoms with Gasteiger partial charge in [-0.2, -0.15) is 0 Å². The Balaban J connectivity index is 1.82. The van der Waals surface area contributed by atoms with E-state index in [0.29, 0.717) is 5.92 Å². The predicted molar refractivity (Wildman–Crippen MR) is 76.0 cm³/mol. The molecule has 2 heterocycles. The molecule has 114 valence electrons. The lowest BCUT2D eigenvalue weighted by atomic mass is 9.69. The van der Waals surface area contributed by atoms with E-state index in [9.17, 15) is 13.2 Å². The summed E-state index contributed by atoms with van der Waals surface area (Å²) in [5, 5.41) is 0. The first-order chi connectivity index (χ1) is 9.80. The van der Waals surface area contributed by atoms with Gasteiger partial charge in [0.1, 0.15) is 0 Å². The summed E-state index contributed by atoms with van der Waals surface area (Å²) in [5.74, 6) is 0.201. The zero-order valence-electron chi connectivity index (χ0n) is 12.2. The normalized spacial score (nSPS) is 38.7. The Bertz CT molecular complexity index is 706. The number of nitrogens with zero attached hydrogens (tertiary/aromatic N) is 1. The standard InChI is InChI=1S/C15H19NO4S/c1-14(2)10-5-6-15(14)9-21(18,19)16(12(15)8-10)13(17)11-4-3-7-20-11/h3-4,7,10,12H,5-6,8-9H2,1-2H3/t10-,12-,15+/m1/s1. The lowest BCUT2D eigenvalue weighted by molar-refractivity contribution is 0.0673. The van der Waals surface area contributed by atoms with Crippen LogP contribution in [0.1, 0.15) is 43.7 Å². The highest BCUT2D eigenvalue weighted by Gasteiger charge is 2.72. The molecule has 6 heteroatoms. The van der Waals surface area contributed by atoms with Gasteiger partial charge in [-0.15, -0.1) is 0 Å². The van der Waals surface area contributed by atoms with Gasteiger partial charge in [0.25, 0.3) is 0 Å². The minimum absolute atomic E-state index is 0.0249. The summed E-state index contributed by atoms with van der Waals surface area (Å²) in [4.78, 5) is 12.6. The van der Waals surface area contributed by atoms with Crippen molar-refractivity contribution in [3.63, 3.8) is 0 Å². The number of hydrogen-bond donors (Lipinski definition) is 0. The van der Waals surface area contributed by atoms with Crippen LogP contribution < -0.4 is 0 Å². The molecule has 3 atom stereocenters.